The van der Waals surface area contributed by atoms with Gasteiger partial charge in [-0.05, 0) is 103 Å². The van der Waals surface area contributed by atoms with Gasteiger partial charge in [-0.25, -0.2) is 29.0 Å². The number of nitrogens with one attached hydrogen (secondary N) is 1. The number of fused-ring (bicyclic) bond motifs is 6. The van der Waals surface area contributed by atoms with Crippen LogP contribution in [0.15, 0.2) is 76.4 Å². The van der Waals surface area contributed by atoms with Crippen LogP contribution in [0.5, 0.6) is 17.2 Å². The second-order valence-corrected chi connectivity index (χ2v) is 16.9. The number of aromatic nitrogens is 6. The van der Waals surface area contributed by atoms with Crippen molar-refractivity contribution in [1.29, 1.82) is 0 Å². The number of nitrogens with zero attached hydrogens (tertiary/aromatic N) is 6. The number of aryl methyl sites for hydroxylation is 2. The molecule has 16 nitrogen and oxygen atoms in total. The van der Waals surface area contributed by atoms with Crippen molar-refractivity contribution in [2.75, 3.05) is 13.1 Å². The predicted molar refractivity (Wildman–Crippen MR) is 232 cm³/mol. The Morgan fingerprint density at radius 1 is 0.984 bits per heavy atom. The number of amides is 1. The van der Waals surface area contributed by atoms with Crippen molar-refractivity contribution >= 4 is 33.9 Å². The fraction of sp³-hybridized carbons (Fsp3) is 0.319. The number of hydrogen-bond donors (Lipinski definition) is 4. The Bertz CT molecular complexity index is 3150. The number of benzene rings is 3. The van der Waals surface area contributed by atoms with Gasteiger partial charge in [0.05, 0.1) is 40.3 Å². The second kappa shape index (κ2) is 15.3. The quantitative estimate of drug-likeness (QED) is 0.123. The molecule has 3 aromatic carbocycles. The lowest BCUT2D eigenvalue weighted by molar-refractivity contribution is -0.157. The Balaban J connectivity index is 0.790. The highest BCUT2D eigenvalue weighted by Crippen LogP contribution is 2.40. The van der Waals surface area contributed by atoms with Crippen LogP contribution in [-0.4, -0.2) is 74.3 Å². The van der Waals surface area contributed by atoms with E-state index < -0.39 is 23.9 Å². The minimum atomic E-state index is -1.52. The third kappa shape index (κ3) is 6.72. The number of aromatic hydroxyl groups is 2. The Kier molecular flexibility index (Phi) is 9.70. The summed E-state index contributed by atoms with van der Waals surface area (Å²) in [7, 11) is 0. The first kappa shape index (κ1) is 39.9. The highest BCUT2D eigenvalue weighted by molar-refractivity contribution is 5.90. The van der Waals surface area contributed by atoms with E-state index in [0.29, 0.717) is 64.9 Å². The average Bonchev–Trinajstić information content (AvgIpc) is 3.98. The lowest BCUT2D eigenvalue weighted by atomic mass is 9.94. The molecule has 322 valence electrons. The molecule has 4 aromatic heterocycles. The van der Waals surface area contributed by atoms with Crippen molar-refractivity contribution in [3.8, 4) is 45.7 Å². The lowest BCUT2D eigenvalue weighted by Crippen LogP contribution is -2.40. The molecule has 1 unspecified atom stereocenters. The first-order chi connectivity index (χ1) is 30.4. The molecular formula is C47H45N7O9. The Morgan fingerprint density at radius 3 is 2.57 bits per heavy atom. The number of carbonyl (C=O) groups is 2. The fourth-order valence-corrected chi connectivity index (χ4v) is 9.52. The van der Waals surface area contributed by atoms with E-state index in [1.54, 1.807) is 33.7 Å². The number of esters is 1. The second-order valence-electron chi connectivity index (χ2n) is 16.9. The summed E-state index contributed by atoms with van der Waals surface area (Å²) in [6.45, 7) is 7.91. The monoisotopic (exact) mass is 851 g/mol. The SMILES string of the molecule is CCc1c2c(nc3ccc(OC(=O)N4CCC(CCn5ccc6cc(-n7c(-c8cc(C(C)C)c(O)cc8O)n[nH]c7=O)ccc65)CC4)cc13)-c1cc3c(c(=O)n1C2)COC(=O)C3O. The van der Waals surface area contributed by atoms with Gasteiger partial charge in [0, 0.05) is 59.3 Å². The number of aliphatic hydroxyl groups excluding tert-OH is 1. The van der Waals surface area contributed by atoms with Gasteiger partial charge >= 0.3 is 17.8 Å². The number of H-pyrrole nitrogens is 1. The third-order valence-electron chi connectivity index (χ3n) is 12.9. The van der Waals surface area contributed by atoms with E-state index in [2.05, 4.69) is 14.8 Å². The van der Waals surface area contributed by atoms with E-state index in [0.717, 1.165) is 53.2 Å². The molecule has 0 spiro atoms. The molecule has 3 aliphatic heterocycles. The van der Waals surface area contributed by atoms with Gasteiger partial charge in [0.1, 0.15) is 23.9 Å². The minimum absolute atomic E-state index is 0.0176. The number of piperidine rings is 1. The molecule has 0 aliphatic carbocycles. The molecule has 4 N–H and O–H groups in total. The van der Waals surface area contributed by atoms with E-state index in [4.69, 9.17) is 14.5 Å². The first-order valence-corrected chi connectivity index (χ1v) is 21.2. The number of likely N-dealkylation sites (tertiary alicyclic amines) is 1. The summed E-state index contributed by atoms with van der Waals surface area (Å²) in [6, 6.07) is 17.7. The van der Waals surface area contributed by atoms with Crippen LogP contribution in [0.3, 0.4) is 0 Å². The highest BCUT2D eigenvalue weighted by atomic mass is 16.6. The third-order valence-corrected chi connectivity index (χ3v) is 12.9. The summed E-state index contributed by atoms with van der Waals surface area (Å²) >= 11 is 0. The van der Waals surface area contributed by atoms with Gasteiger partial charge < -0.3 is 38.8 Å². The summed E-state index contributed by atoms with van der Waals surface area (Å²) < 4.78 is 16.2. The topological polar surface area (TPSA) is 207 Å². The normalized spacial score (nSPS) is 16.1. The summed E-state index contributed by atoms with van der Waals surface area (Å²) in [6.07, 6.45) is 3.33. The van der Waals surface area contributed by atoms with Crippen LogP contribution in [0.25, 0.3) is 50.3 Å². The molecule has 1 saturated heterocycles. The van der Waals surface area contributed by atoms with E-state index in [1.807, 2.05) is 57.3 Å². The average molecular weight is 852 g/mol. The Morgan fingerprint density at radius 2 is 1.79 bits per heavy atom. The lowest BCUT2D eigenvalue weighted by Gasteiger charge is -2.31. The number of ether oxygens (including phenoxy) is 2. The van der Waals surface area contributed by atoms with E-state index in [9.17, 15) is 34.5 Å². The zero-order chi connectivity index (χ0) is 43.8. The standard InChI is InChI=1S/C47H45N7O9/c1-4-29-31-18-28(6-7-36(31)48-41-34(29)22-53-38(41)20-32-35(44(53)58)23-62-45(59)42(32)57)63-47(61)52-14-10-25(11-15-52)9-13-51-16-12-26-17-27(5-8-37(26)51)54-43(49-50-46(54)60)33-19-30(24(2)3)39(55)21-40(33)56/h5-8,12,16-21,24-25,42,55-57H,4,9-11,13-15,22-23H2,1-3H3,(H,50,60). The Hall–Kier alpha value is -7.20. The molecular weight excluding hydrogens is 807 g/mol. The first-order valence-electron chi connectivity index (χ1n) is 21.2. The number of hydrogen-bond acceptors (Lipinski definition) is 11. The van der Waals surface area contributed by atoms with Crippen molar-refractivity contribution in [3.05, 3.63) is 116 Å². The van der Waals surface area contributed by atoms with Crippen molar-refractivity contribution in [2.24, 2.45) is 5.92 Å². The van der Waals surface area contributed by atoms with Crippen LogP contribution in [0.1, 0.15) is 79.9 Å². The largest absolute Gasteiger partial charge is 0.508 e. The van der Waals surface area contributed by atoms with Gasteiger partial charge in [-0.3, -0.25) is 4.79 Å². The molecule has 7 aromatic rings. The van der Waals surface area contributed by atoms with Crippen LogP contribution in [0.2, 0.25) is 0 Å². The maximum Gasteiger partial charge on any atom is 0.415 e. The number of phenolic OH excluding ortho intramolecular Hbond substituents is 2. The number of aromatic amines is 1. The molecule has 63 heavy (non-hydrogen) atoms. The minimum Gasteiger partial charge on any atom is -0.508 e. The van der Waals surface area contributed by atoms with E-state index >= 15 is 0 Å². The predicted octanol–water partition coefficient (Wildman–Crippen LogP) is 6.41. The van der Waals surface area contributed by atoms with Crippen LogP contribution in [-0.2, 0) is 35.6 Å². The molecule has 16 heteroatoms. The maximum absolute atomic E-state index is 13.5. The van der Waals surface area contributed by atoms with Crippen LogP contribution >= 0.6 is 0 Å². The van der Waals surface area contributed by atoms with Gasteiger partial charge in [0.25, 0.3) is 5.56 Å². The summed E-state index contributed by atoms with van der Waals surface area (Å²) in [5.74, 6) is 0.0499. The van der Waals surface area contributed by atoms with E-state index in [1.165, 1.54) is 10.6 Å². The van der Waals surface area contributed by atoms with Gasteiger partial charge in [0.2, 0.25) is 0 Å². The Labute approximate surface area is 359 Å². The maximum atomic E-state index is 13.5. The number of carbonyl (C=O) groups excluding carboxylic acids is 2. The number of cyclic esters (lactones) is 1. The van der Waals surface area contributed by atoms with Crippen molar-refractivity contribution in [2.45, 2.75) is 78.2 Å². The zero-order valence-corrected chi connectivity index (χ0v) is 34.9. The molecule has 0 bridgehead atoms. The van der Waals surface area contributed by atoms with Gasteiger partial charge in [-0.1, -0.05) is 20.8 Å². The molecule has 1 atom stereocenters. The number of aliphatic hydroxyl groups is 1. The van der Waals surface area contributed by atoms with Crippen LogP contribution in [0.4, 0.5) is 4.79 Å². The van der Waals surface area contributed by atoms with Crippen LogP contribution in [0, 0.1) is 5.92 Å². The molecule has 0 radical (unpaired) electrons. The summed E-state index contributed by atoms with van der Waals surface area (Å²) in [5.41, 5.74) is 6.02. The molecule has 10 rings (SSSR count). The molecule has 7 heterocycles. The van der Waals surface area contributed by atoms with Crippen LogP contribution < -0.4 is 16.0 Å². The van der Waals surface area contributed by atoms with Crippen molar-refractivity contribution in [3.63, 3.8) is 0 Å². The zero-order valence-electron chi connectivity index (χ0n) is 34.9. The number of phenols is 2. The summed E-state index contributed by atoms with van der Waals surface area (Å²) in [4.78, 5) is 58.7. The smallest absolute Gasteiger partial charge is 0.415 e. The highest BCUT2D eigenvalue weighted by Gasteiger charge is 2.35. The molecule has 0 saturated carbocycles. The van der Waals surface area contributed by atoms with Gasteiger partial charge in [-0.2, -0.15) is 5.10 Å². The summed E-state index contributed by atoms with van der Waals surface area (Å²) in [5, 5.41) is 40.1. The number of rotatable bonds is 8. The fourth-order valence-electron chi connectivity index (χ4n) is 9.52. The van der Waals surface area contributed by atoms with Crippen molar-refractivity contribution < 1.29 is 34.4 Å². The molecule has 1 fully saturated rings. The van der Waals surface area contributed by atoms with E-state index in [-0.39, 0.29) is 53.1 Å². The van der Waals surface area contributed by atoms with Gasteiger partial charge in [0.15, 0.2) is 11.9 Å². The number of pyridine rings is 2. The van der Waals surface area contributed by atoms with Crippen molar-refractivity contribution in [1.82, 2.24) is 33.8 Å². The molecule has 3 aliphatic rings. The molecule has 1 amide bonds. The van der Waals surface area contributed by atoms with Gasteiger partial charge in [-0.15, -0.1) is 0 Å².